The fourth-order valence-electron chi connectivity index (χ4n) is 2.09. The summed E-state index contributed by atoms with van der Waals surface area (Å²) in [6.45, 7) is 0. The first-order chi connectivity index (χ1) is 10.4. The molecule has 22 heavy (non-hydrogen) atoms. The first kappa shape index (κ1) is 16.0. The summed E-state index contributed by atoms with van der Waals surface area (Å²) in [7, 11) is -2.12. The summed E-state index contributed by atoms with van der Waals surface area (Å²) in [5, 5.41) is 8.82. The van der Waals surface area contributed by atoms with Crippen LogP contribution < -0.4 is 4.74 Å². The summed E-state index contributed by atoms with van der Waals surface area (Å²) in [5.41, 5.74) is 1.30. The molecule has 0 aliphatic heterocycles. The molecule has 6 heteroatoms. The molecule has 2 aromatic carbocycles. The van der Waals surface area contributed by atoms with Crippen molar-refractivity contribution in [1.82, 2.24) is 0 Å². The third-order valence-corrected chi connectivity index (χ3v) is 4.59. The summed E-state index contributed by atoms with van der Waals surface area (Å²) in [4.78, 5) is 0. The molecule has 114 valence electrons. The maximum absolute atomic E-state index is 13.6. The maximum Gasteiger partial charge on any atom is 0.165 e. The minimum absolute atomic E-state index is 0.0721. The quantitative estimate of drug-likeness (QED) is 0.850. The van der Waals surface area contributed by atoms with Gasteiger partial charge in [0.25, 0.3) is 0 Å². The fourth-order valence-corrected chi connectivity index (χ4v) is 3.57. The summed E-state index contributed by atoms with van der Waals surface area (Å²) in [6.07, 6.45) is 0. The standard InChI is InChI=1S/C16H14FNO3S/c1-21-16-6-5-14(8-15(16)17)11-22(19,20)10-13-4-2-3-12(7-13)9-18/h2-8H,10-11H2,1H3. The van der Waals surface area contributed by atoms with Crippen LogP contribution in [0.1, 0.15) is 16.7 Å². The van der Waals surface area contributed by atoms with Gasteiger partial charge >= 0.3 is 0 Å². The van der Waals surface area contributed by atoms with Gasteiger partial charge in [-0.15, -0.1) is 0 Å². The summed E-state index contributed by atoms with van der Waals surface area (Å²) in [5.74, 6) is -0.995. The van der Waals surface area contributed by atoms with Crippen molar-refractivity contribution in [3.05, 3.63) is 65.0 Å². The molecule has 0 aliphatic rings. The van der Waals surface area contributed by atoms with E-state index in [9.17, 15) is 12.8 Å². The van der Waals surface area contributed by atoms with Gasteiger partial charge in [-0.2, -0.15) is 5.26 Å². The molecule has 0 fully saturated rings. The van der Waals surface area contributed by atoms with Gasteiger partial charge in [-0.25, -0.2) is 12.8 Å². The molecular formula is C16H14FNO3S. The first-order valence-electron chi connectivity index (χ1n) is 6.45. The van der Waals surface area contributed by atoms with Crippen molar-refractivity contribution in [3.63, 3.8) is 0 Å². The predicted molar refractivity (Wildman–Crippen MR) is 80.4 cm³/mol. The van der Waals surface area contributed by atoms with Gasteiger partial charge in [0.15, 0.2) is 21.4 Å². The molecule has 0 radical (unpaired) electrons. The number of ether oxygens (including phenoxy) is 1. The molecule has 0 bridgehead atoms. The van der Waals surface area contributed by atoms with E-state index in [1.807, 2.05) is 6.07 Å². The molecule has 0 atom stereocenters. The number of benzene rings is 2. The van der Waals surface area contributed by atoms with Crippen LogP contribution in [0.4, 0.5) is 4.39 Å². The van der Waals surface area contributed by atoms with Crippen LogP contribution in [0.25, 0.3) is 0 Å². The van der Waals surface area contributed by atoms with Gasteiger partial charge in [0.05, 0.1) is 30.2 Å². The van der Waals surface area contributed by atoms with E-state index in [0.717, 1.165) is 6.07 Å². The fraction of sp³-hybridized carbons (Fsp3) is 0.188. The van der Waals surface area contributed by atoms with Crippen LogP contribution >= 0.6 is 0 Å². The molecule has 0 unspecified atom stereocenters. The molecule has 0 saturated carbocycles. The lowest BCUT2D eigenvalue weighted by Crippen LogP contribution is -2.08. The highest BCUT2D eigenvalue weighted by atomic mass is 32.2. The zero-order chi connectivity index (χ0) is 16.2. The molecule has 4 nitrogen and oxygen atoms in total. The lowest BCUT2D eigenvalue weighted by molar-refractivity contribution is 0.386. The lowest BCUT2D eigenvalue weighted by Gasteiger charge is -2.07. The Morgan fingerprint density at radius 1 is 1.14 bits per heavy atom. The van der Waals surface area contributed by atoms with Gasteiger partial charge in [-0.05, 0) is 35.4 Å². The van der Waals surface area contributed by atoms with E-state index in [1.165, 1.54) is 25.3 Å². The minimum atomic E-state index is -3.47. The van der Waals surface area contributed by atoms with E-state index in [0.29, 0.717) is 16.7 Å². The lowest BCUT2D eigenvalue weighted by atomic mass is 10.2. The molecule has 0 aromatic heterocycles. The van der Waals surface area contributed by atoms with Gasteiger partial charge in [0, 0.05) is 0 Å². The normalized spacial score (nSPS) is 11.0. The zero-order valence-electron chi connectivity index (χ0n) is 11.9. The van der Waals surface area contributed by atoms with E-state index in [4.69, 9.17) is 10.00 Å². The Balaban J connectivity index is 2.17. The number of sulfone groups is 1. The monoisotopic (exact) mass is 319 g/mol. The highest BCUT2D eigenvalue weighted by Crippen LogP contribution is 2.20. The molecule has 0 N–H and O–H groups in total. The average molecular weight is 319 g/mol. The van der Waals surface area contributed by atoms with Crippen LogP contribution in [0.15, 0.2) is 42.5 Å². The highest BCUT2D eigenvalue weighted by molar-refractivity contribution is 7.89. The minimum Gasteiger partial charge on any atom is -0.494 e. The SMILES string of the molecule is COc1ccc(CS(=O)(=O)Cc2cccc(C#N)c2)cc1F. The van der Waals surface area contributed by atoms with E-state index in [2.05, 4.69) is 0 Å². The third-order valence-electron chi connectivity index (χ3n) is 3.05. The smallest absolute Gasteiger partial charge is 0.165 e. The summed E-state index contributed by atoms with van der Waals surface area (Å²) >= 11 is 0. The number of hydrogen-bond acceptors (Lipinski definition) is 4. The first-order valence-corrected chi connectivity index (χ1v) is 8.27. The van der Waals surface area contributed by atoms with E-state index < -0.39 is 15.7 Å². The van der Waals surface area contributed by atoms with Crippen molar-refractivity contribution in [1.29, 1.82) is 5.26 Å². The molecular weight excluding hydrogens is 305 g/mol. The van der Waals surface area contributed by atoms with Crippen molar-refractivity contribution < 1.29 is 17.5 Å². The van der Waals surface area contributed by atoms with Gasteiger partial charge in [0.1, 0.15) is 0 Å². The van der Waals surface area contributed by atoms with Crippen molar-refractivity contribution in [3.8, 4) is 11.8 Å². The zero-order valence-corrected chi connectivity index (χ0v) is 12.7. The van der Waals surface area contributed by atoms with E-state index in [-0.39, 0.29) is 17.3 Å². The number of nitrogens with zero attached hydrogens (tertiary/aromatic N) is 1. The second kappa shape index (κ2) is 6.58. The van der Waals surface area contributed by atoms with Crippen LogP contribution in [0.3, 0.4) is 0 Å². The van der Waals surface area contributed by atoms with Crippen molar-refractivity contribution in [2.45, 2.75) is 11.5 Å². The van der Waals surface area contributed by atoms with Crippen LogP contribution in [-0.4, -0.2) is 15.5 Å². The topological polar surface area (TPSA) is 67.2 Å². The largest absolute Gasteiger partial charge is 0.494 e. The molecule has 0 aliphatic carbocycles. The summed E-state index contributed by atoms with van der Waals surface area (Å²) < 4.78 is 42.8. The molecule has 2 aromatic rings. The number of methoxy groups -OCH3 is 1. The Labute approximate surface area is 128 Å². The van der Waals surface area contributed by atoms with E-state index in [1.54, 1.807) is 18.2 Å². The number of nitriles is 1. The van der Waals surface area contributed by atoms with E-state index >= 15 is 0 Å². The Bertz CT molecular complexity index is 826. The Kier molecular flexibility index (Phi) is 4.78. The Morgan fingerprint density at radius 3 is 2.41 bits per heavy atom. The molecule has 0 spiro atoms. The van der Waals surface area contributed by atoms with Gasteiger partial charge in [-0.3, -0.25) is 0 Å². The van der Waals surface area contributed by atoms with Gasteiger partial charge in [0.2, 0.25) is 0 Å². The second-order valence-electron chi connectivity index (χ2n) is 4.81. The van der Waals surface area contributed by atoms with Crippen LogP contribution in [-0.2, 0) is 21.3 Å². The Morgan fingerprint density at radius 2 is 1.82 bits per heavy atom. The third kappa shape index (κ3) is 4.06. The number of halogens is 1. The average Bonchev–Trinajstić information content (AvgIpc) is 2.46. The number of rotatable bonds is 5. The van der Waals surface area contributed by atoms with Crippen LogP contribution in [0.2, 0.25) is 0 Å². The Hall–Kier alpha value is -2.39. The molecule has 0 heterocycles. The van der Waals surface area contributed by atoms with Crippen molar-refractivity contribution in [2.24, 2.45) is 0 Å². The maximum atomic E-state index is 13.6. The second-order valence-corrected chi connectivity index (χ2v) is 6.88. The number of hydrogen-bond donors (Lipinski definition) is 0. The van der Waals surface area contributed by atoms with Crippen LogP contribution in [0.5, 0.6) is 5.75 Å². The predicted octanol–water partition coefficient (Wildman–Crippen LogP) is 2.82. The van der Waals surface area contributed by atoms with Gasteiger partial charge in [-0.1, -0.05) is 18.2 Å². The van der Waals surface area contributed by atoms with Crippen molar-refractivity contribution in [2.75, 3.05) is 7.11 Å². The molecule has 0 amide bonds. The van der Waals surface area contributed by atoms with Gasteiger partial charge < -0.3 is 4.74 Å². The highest BCUT2D eigenvalue weighted by Gasteiger charge is 2.15. The van der Waals surface area contributed by atoms with Crippen LogP contribution in [0, 0.1) is 17.1 Å². The molecule has 2 rings (SSSR count). The summed E-state index contributed by atoms with van der Waals surface area (Å²) in [6, 6.07) is 12.5. The molecule has 0 saturated heterocycles. The van der Waals surface area contributed by atoms with Crippen molar-refractivity contribution >= 4 is 9.84 Å².